The van der Waals surface area contributed by atoms with Crippen LogP contribution in [0.3, 0.4) is 0 Å². The minimum atomic E-state index is -0.542. The number of benzene rings is 1. The molecule has 0 spiro atoms. The molecule has 3 rings (SSSR count). The summed E-state index contributed by atoms with van der Waals surface area (Å²) in [6, 6.07) is 7.31. The molecule has 2 N–H and O–H groups in total. The summed E-state index contributed by atoms with van der Waals surface area (Å²) in [6.45, 7) is 0. The first-order chi connectivity index (χ1) is 8.65. The molecule has 0 radical (unpaired) electrons. The highest BCUT2D eigenvalue weighted by Crippen LogP contribution is 2.47. The van der Waals surface area contributed by atoms with E-state index in [4.69, 9.17) is 0 Å². The second kappa shape index (κ2) is 4.58. The molecular weight excluding hydrogens is 224 g/mol. The molecule has 2 fully saturated rings. The molecule has 98 valence electrons. The molecule has 18 heavy (non-hydrogen) atoms. The van der Waals surface area contributed by atoms with Crippen LogP contribution < -0.4 is 0 Å². The van der Waals surface area contributed by atoms with Crippen molar-refractivity contribution in [2.45, 2.75) is 50.5 Å². The Kier molecular flexibility index (Phi) is 3.06. The van der Waals surface area contributed by atoms with Crippen molar-refractivity contribution < 1.29 is 10.2 Å². The van der Waals surface area contributed by atoms with Crippen LogP contribution in [0.25, 0.3) is 0 Å². The van der Waals surface area contributed by atoms with E-state index < -0.39 is 5.60 Å². The highest BCUT2D eigenvalue weighted by molar-refractivity contribution is 5.28. The van der Waals surface area contributed by atoms with Crippen molar-refractivity contribution in [2.75, 3.05) is 0 Å². The number of hydrogen-bond acceptors (Lipinski definition) is 2. The maximum atomic E-state index is 10.8. The van der Waals surface area contributed by atoms with Gasteiger partial charge in [0.25, 0.3) is 0 Å². The number of aromatic hydroxyl groups is 1. The normalized spacial score (nSPS) is 32.4. The molecule has 0 aliphatic heterocycles. The Morgan fingerprint density at radius 1 is 1.17 bits per heavy atom. The molecule has 2 atom stereocenters. The summed E-state index contributed by atoms with van der Waals surface area (Å²) < 4.78 is 0. The van der Waals surface area contributed by atoms with Gasteiger partial charge >= 0.3 is 0 Å². The zero-order valence-electron chi connectivity index (χ0n) is 10.8. The van der Waals surface area contributed by atoms with Gasteiger partial charge in [0.05, 0.1) is 5.60 Å². The van der Waals surface area contributed by atoms with E-state index in [1.54, 1.807) is 12.1 Å². The largest absolute Gasteiger partial charge is 0.508 e. The van der Waals surface area contributed by atoms with Crippen molar-refractivity contribution in [3.8, 4) is 5.75 Å². The first-order valence-corrected chi connectivity index (χ1v) is 7.15. The van der Waals surface area contributed by atoms with E-state index in [0.29, 0.717) is 12.2 Å². The van der Waals surface area contributed by atoms with Gasteiger partial charge in [0, 0.05) is 6.42 Å². The smallest absolute Gasteiger partial charge is 0.115 e. The van der Waals surface area contributed by atoms with Gasteiger partial charge in [0.2, 0.25) is 0 Å². The Labute approximate surface area is 109 Å². The van der Waals surface area contributed by atoms with Crippen LogP contribution in [0.1, 0.15) is 44.1 Å². The van der Waals surface area contributed by atoms with Crippen molar-refractivity contribution in [3.63, 3.8) is 0 Å². The van der Waals surface area contributed by atoms with Gasteiger partial charge in [-0.2, -0.15) is 0 Å². The van der Waals surface area contributed by atoms with E-state index in [1.807, 2.05) is 12.1 Å². The average Bonchev–Trinajstić information content (AvgIpc) is 3.12. The van der Waals surface area contributed by atoms with Gasteiger partial charge in [-0.3, -0.25) is 0 Å². The molecule has 1 aromatic carbocycles. The van der Waals surface area contributed by atoms with E-state index >= 15 is 0 Å². The molecule has 0 amide bonds. The van der Waals surface area contributed by atoms with Gasteiger partial charge in [-0.05, 0) is 61.6 Å². The second-order valence-corrected chi connectivity index (χ2v) is 6.26. The molecule has 2 aliphatic carbocycles. The molecule has 0 aromatic heterocycles. The minimum absolute atomic E-state index is 0.297. The lowest BCUT2D eigenvalue weighted by Gasteiger charge is -2.37. The lowest BCUT2D eigenvalue weighted by Crippen LogP contribution is -2.38. The van der Waals surface area contributed by atoms with Gasteiger partial charge in [-0.1, -0.05) is 18.6 Å². The van der Waals surface area contributed by atoms with E-state index in [0.717, 1.165) is 36.7 Å². The summed E-state index contributed by atoms with van der Waals surface area (Å²) in [5.41, 5.74) is 0.508. The van der Waals surface area contributed by atoms with Crippen LogP contribution in [0.4, 0.5) is 0 Å². The van der Waals surface area contributed by atoms with Crippen molar-refractivity contribution in [1.29, 1.82) is 0 Å². The van der Waals surface area contributed by atoms with Crippen molar-refractivity contribution in [3.05, 3.63) is 29.8 Å². The standard InChI is InChI=1S/C16H22O2/c17-15-5-1-3-12(9-15)10-16(18)8-2-4-14(11-16)13-6-7-13/h1,3,5,9,13-14,17-18H,2,4,6-8,10-11H2. The maximum Gasteiger partial charge on any atom is 0.115 e. The van der Waals surface area contributed by atoms with Crippen LogP contribution in [0, 0.1) is 11.8 Å². The lowest BCUT2D eigenvalue weighted by atomic mass is 9.73. The van der Waals surface area contributed by atoms with Gasteiger partial charge in [0.15, 0.2) is 0 Å². The van der Waals surface area contributed by atoms with Gasteiger partial charge in [-0.25, -0.2) is 0 Å². The van der Waals surface area contributed by atoms with E-state index in [1.165, 1.54) is 19.3 Å². The van der Waals surface area contributed by atoms with E-state index in [-0.39, 0.29) is 0 Å². The van der Waals surface area contributed by atoms with Crippen LogP contribution in [-0.2, 0) is 6.42 Å². The third-order valence-corrected chi connectivity index (χ3v) is 4.59. The number of phenolic OH excluding ortho intramolecular Hbond substituents is 1. The predicted octanol–water partition coefficient (Wildman–Crippen LogP) is 3.27. The van der Waals surface area contributed by atoms with Crippen LogP contribution in [0.2, 0.25) is 0 Å². The van der Waals surface area contributed by atoms with Crippen molar-refractivity contribution >= 4 is 0 Å². The Bertz CT molecular complexity index is 425. The Balaban J connectivity index is 1.69. The minimum Gasteiger partial charge on any atom is -0.508 e. The van der Waals surface area contributed by atoms with Gasteiger partial charge in [-0.15, -0.1) is 0 Å². The number of hydrogen-bond donors (Lipinski definition) is 2. The fourth-order valence-electron chi connectivity index (χ4n) is 3.56. The molecule has 0 bridgehead atoms. The predicted molar refractivity (Wildman–Crippen MR) is 71.4 cm³/mol. The Hall–Kier alpha value is -1.02. The van der Waals surface area contributed by atoms with Crippen molar-refractivity contribution in [2.24, 2.45) is 11.8 Å². The molecule has 0 heterocycles. The number of aliphatic hydroxyl groups is 1. The fourth-order valence-corrected chi connectivity index (χ4v) is 3.56. The topological polar surface area (TPSA) is 40.5 Å². The molecule has 2 unspecified atom stereocenters. The van der Waals surface area contributed by atoms with Crippen LogP contribution in [0.5, 0.6) is 5.75 Å². The molecular formula is C16H22O2. The maximum absolute atomic E-state index is 10.8. The van der Waals surface area contributed by atoms with Crippen LogP contribution in [0.15, 0.2) is 24.3 Å². The zero-order chi connectivity index (χ0) is 12.6. The Morgan fingerprint density at radius 2 is 2.00 bits per heavy atom. The second-order valence-electron chi connectivity index (χ2n) is 6.26. The monoisotopic (exact) mass is 246 g/mol. The molecule has 2 heteroatoms. The highest BCUT2D eigenvalue weighted by atomic mass is 16.3. The highest BCUT2D eigenvalue weighted by Gasteiger charge is 2.40. The Morgan fingerprint density at radius 3 is 2.72 bits per heavy atom. The molecule has 2 nitrogen and oxygen atoms in total. The lowest BCUT2D eigenvalue weighted by molar-refractivity contribution is -0.0195. The average molecular weight is 246 g/mol. The van der Waals surface area contributed by atoms with E-state index in [9.17, 15) is 10.2 Å². The third kappa shape index (κ3) is 2.69. The fraction of sp³-hybridized carbons (Fsp3) is 0.625. The van der Waals surface area contributed by atoms with Gasteiger partial charge in [0.1, 0.15) is 5.75 Å². The summed E-state index contributed by atoms with van der Waals surface area (Å²) in [7, 11) is 0. The van der Waals surface area contributed by atoms with Crippen LogP contribution >= 0.6 is 0 Å². The summed E-state index contributed by atoms with van der Waals surface area (Å²) in [5.74, 6) is 1.92. The van der Waals surface area contributed by atoms with Crippen molar-refractivity contribution in [1.82, 2.24) is 0 Å². The molecule has 2 aliphatic rings. The molecule has 0 saturated heterocycles. The summed E-state index contributed by atoms with van der Waals surface area (Å²) in [5, 5.41) is 20.3. The first kappa shape index (κ1) is 12.0. The number of rotatable bonds is 3. The van der Waals surface area contributed by atoms with Crippen LogP contribution in [-0.4, -0.2) is 15.8 Å². The zero-order valence-corrected chi connectivity index (χ0v) is 10.8. The quantitative estimate of drug-likeness (QED) is 0.859. The number of phenols is 1. The molecule has 2 saturated carbocycles. The van der Waals surface area contributed by atoms with Gasteiger partial charge < -0.3 is 10.2 Å². The van der Waals surface area contributed by atoms with E-state index in [2.05, 4.69) is 0 Å². The summed E-state index contributed by atoms with van der Waals surface area (Å²) in [6.07, 6.45) is 7.73. The first-order valence-electron chi connectivity index (χ1n) is 7.15. The summed E-state index contributed by atoms with van der Waals surface area (Å²) in [4.78, 5) is 0. The SMILES string of the molecule is Oc1cccc(CC2(O)CCCC(C3CC3)C2)c1. The third-order valence-electron chi connectivity index (χ3n) is 4.59. The molecule has 1 aromatic rings. The summed E-state index contributed by atoms with van der Waals surface area (Å²) >= 11 is 0.